The molecule has 107 heavy (non-hydrogen) atoms. The highest BCUT2D eigenvalue weighted by atomic mass is 19.1. The summed E-state index contributed by atoms with van der Waals surface area (Å²) in [6, 6.07) is 20.2. The zero-order valence-corrected chi connectivity index (χ0v) is 59.5. The van der Waals surface area contributed by atoms with E-state index in [2.05, 4.69) is 36.9 Å². The molecule has 0 saturated carbocycles. The fraction of sp³-hybridized carbons (Fsp3) is 0.440. The molecular weight excluding hydrogens is 1390 g/mol. The molecule has 10 N–H and O–H groups in total. The van der Waals surface area contributed by atoms with E-state index in [-0.39, 0.29) is 149 Å². The van der Waals surface area contributed by atoms with Crippen LogP contribution in [-0.2, 0) is 102 Å². The molecule has 1 fully saturated rings. The number of carboxylic acids is 1. The van der Waals surface area contributed by atoms with Crippen LogP contribution >= 0.6 is 0 Å². The molecule has 0 radical (unpaired) electrons. The Morgan fingerprint density at radius 2 is 1.57 bits per heavy atom. The number of hydrogen-bond acceptors (Lipinski definition) is 22. The summed E-state index contributed by atoms with van der Waals surface area (Å²) in [6.45, 7) is 6.25. The van der Waals surface area contributed by atoms with Crippen molar-refractivity contribution in [1.29, 1.82) is 0 Å². The first-order valence-electron chi connectivity index (χ1n) is 35.5. The predicted octanol–water partition coefficient (Wildman–Crippen LogP) is 4.10. The molecule has 566 valence electrons. The third kappa shape index (κ3) is 15.8. The number of aromatic nitrogens is 5. The minimum absolute atomic E-state index is 0.0250. The molecule has 31 nitrogen and oxygen atoms in total. The van der Waals surface area contributed by atoms with E-state index in [0.717, 1.165) is 22.4 Å². The Morgan fingerprint density at radius 1 is 0.813 bits per heavy atom. The van der Waals surface area contributed by atoms with Crippen molar-refractivity contribution in [3.8, 4) is 39.7 Å². The van der Waals surface area contributed by atoms with Gasteiger partial charge < -0.3 is 90.0 Å². The number of benzene rings is 4. The molecule has 3 aromatic heterocycles. The van der Waals surface area contributed by atoms with Gasteiger partial charge in [0.15, 0.2) is 11.7 Å². The lowest BCUT2D eigenvalue weighted by Gasteiger charge is -2.38. The number of methoxy groups -OCH3 is 1. The number of aliphatic carboxylic acids is 1. The molecule has 4 aliphatic heterocycles. The number of unbranched alkanes of at least 4 members (excludes halogenated alkanes) is 1. The van der Waals surface area contributed by atoms with Gasteiger partial charge in [0.05, 0.1) is 72.8 Å². The second kappa shape index (κ2) is 32.6. The molecular formula is C75H84FN11O20. The Bertz CT molecular complexity index is 4700. The van der Waals surface area contributed by atoms with Gasteiger partial charge in [-0.3, -0.25) is 28.8 Å². The lowest BCUT2D eigenvalue weighted by atomic mass is 9.81. The number of carboxylic acid groups (broad SMARTS) is 1. The maximum atomic E-state index is 15.7. The summed E-state index contributed by atoms with van der Waals surface area (Å²) in [7, 11) is 1.50. The van der Waals surface area contributed by atoms with E-state index in [9.17, 15) is 68.7 Å². The number of rotatable bonds is 28. The van der Waals surface area contributed by atoms with Crippen LogP contribution in [0, 0.1) is 12.7 Å². The van der Waals surface area contributed by atoms with Gasteiger partial charge in [0.2, 0.25) is 35.8 Å². The van der Waals surface area contributed by atoms with E-state index in [0.29, 0.717) is 64.0 Å². The minimum Gasteiger partial charge on any atom is -0.479 e. The maximum absolute atomic E-state index is 15.7. The largest absolute Gasteiger partial charge is 0.479 e. The number of aryl methyl sites for hydroxylation is 1. The first kappa shape index (κ1) is 76.1. The molecule has 5 aliphatic rings. The van der Waals surface area contributed by atoms with Crippen LogP contribution in [-0.4, -0.2) is 174 Å². The van der Waals surface area contributed by atoms with Crippen molar-refractivity contribution in [1.82, 2.24) is 51.1 Å². The van der Waals surface area contributed by atoms with E-state index >= 15 is 4.39 Å². The summed E-state index contributed by atoms with van der Waals surface area (Å²) in [5.74, 6) is -5.85. The molecule has 0 bridgehead atoms. The highest BCUT2D eigenvalue weighted by molar-refractivity contribution is 6.00. The van der Waals surface area contributed by atoms with E-state index in [1.807, 2.05) is 67.1 Å². The number of ether oxygens (including phenoxy) is 6. The average molecular weight is 1480 g/mol. The minimum atomic E-state index is -2.11. The molecule has 1 saturated heterocycles. The summed E-state index contributed by atoms with van der Waals surface area (Å²) in [5, 5.41) is 76.6. The average Bonchev–Trinajstić information content (AvgIpc) is 1.68. The van der Waals surface area contributed by atoms with Crippen LogP contribution in [0.15, 0.2) is 83.7 Å². The molecule has 8 atom stereocenters. The number of cyclic esters (lactones) is 1. The van der Waals surface area contributed by atoms with Crippen molar-refractivity contribution in [2.24, 2.45) is 0 Å². The Kier molecular flexibility index (Phi) is 23.2. The lowest BCUT2D eigenvalue weighted by Crippen LogP contribution is -2.61. The molecule has 0 unspecified atom stereocenters. The SMILES string of the molecule is CC[C@@]1(O)C(=O)OCc2c1cc1n(c2=O)Cc2c-1nc1cc(F)c(C)c3c1c2[C@@H](NC(=O)OCc1ccc(O[C@@H]2O[C@H](C(=O)O)[C@@H](O)[C@H](O)[C@H]2O)c(CNC(=O)CCNC(=O)[C@H](CNC(=O)CCOCCOC)NC(=O)CCCCC(=O)N2Cc4ccccc4-c4nnn(C(C)C)c4-c4ccccc42)c1)CC3. The Morgan fingerprint density at radius 3 is 2.34 bits per heavy atom. The van der Waals surface area contributed by atoms with Crippen LogP contribution < -0.4 is 41.8 Å². The lowest BCUT2D eigenvalue weighted by molar-refractivity contribution is -0.271. The van der Waals surface area contributed by atoms with Crippen LogP contribution in [0.3, 0.4) is 0 Å². The van der Waals surface area contributed by atoms with Gasteiger partial charge in [-0.05, 0) is 105 Å². The topological polar surface area (TPSA) is 422 Å². The molecule has 7 heterocycles. The van der Waals surface area contributed by atoms with Crippen LogP contribution in [0.2, 0.25) is 0 Å². The highest BCUT2D eigenvalue weighted by Gasteiger charge is 2.49. The molecule has 4 aromatic carbocycles. The summed E-state index contributed by atoms with van der Waals surface area (Å²) in [4.78, 5) is 129. The van der Waals surface area contributed by atoms with E-state index in [1.54, 1.807) is 18.7 Å². The van der Waals surface area contributed by atoms with Crippen LogP contribution in [0.25, 0.3) is 44.8 Å². The number of halogens is 1. The van der Waals surface area contributed by atoms with Crippen molar-refractivity contribution < 1.29 is 96.7 Å². The number of alkyl carbamates (subject to hydrolysis) is 1. The third-order valence-corrected chi connectivity index (χ3v) is 20.0. The van der Waals surface area contributed by atoms with Gasteiger partial charge in [-0.2, -0.15) is 0 Å². The molecule has 1 aliphatic carbocycles. The van der Waals surface area contributed by atoms with Gasteiger partial charge in [0.25, 0.3) is 5.56 Å². The normalized spacial score (nSPS) is 19.8. The Labute approximate surface area is 612 Å². The maximum Gasteiger partial charge on any atom is 0.407 e. The number of aliphatic hydroxyl groups is 4. The number of hydrogen-bond donors (Lipinski definition) is 10. The van der Waals surface area contributed by atoms with Crippen molar-refractivity contribution in [2.75, 3.05) is 44.9 Å². The number of amides is 6. The fourth-order valence-electron chi connectivity index (χ4n) is 14.2. The number of aliphatic hydroxyl groups excluding tert-OH is 3. The molecule has 0 spiro atoms. The number of nitrogens with zero attached hydrogens (tertiary/aromatic N) is 6. The van der Waals surface area contributed by atoms with E-state index in [4.69, 9.17) is 33.4 Å². The number of anilines is 1. The van der Waals surface area contributed by atoms with Gasteiger partial charge in [-0.1, -0.05) is 60.7 Å². The van der Waals surface area contributed by atoms with E-state index < -0.39 is 108 Å². The van der Waals surface area contributed by atoms with Crippen LogP contribution in [0.5, 0.6) is 5.75 Å². The van der Waals surface area contributed by atoms with Crippen molar-refractivity contribution in [3.05, 3.63) is 145 Å². The standard InChI is InChI=1S/C75H84FN11O20/c1-6-75(101)48-30-54-62-46(35-86(54)70(96)47(48)37-104-73(75)99)61-50(21-20-43-39(4)49(76)31-51(81-62)60(43)61)82-74(100)105-36-40-19-22-55(106-72-67(94)65(92)66(93)68(107-72)71(97)98)42(29-40)32-78-56(88)23-25-77-69(95)52(33-79-57(89)24-26-103-28-27-102-5)80-58(90)17-11-12-18-59(91)85-34-41-13-7-8-14-44(41)63-64(87(38(2)3)84-83-63)45-15-9-10-16-53(45)85/h7-10,13-16,19,22,29-31,38,50,52,65-68,72,92-94,101H,6,11-12,17-18,20-21,23-28,32-37H2,1-5H3,(H,77,95)(H,78,88)(H,79,89)(H,80,90)(H,82,100)(H,97,98)/t50-,52-,65-,66-,67+,68-,72+,75-/m0/s1. The molecule has 32 heteroatoms. The molecule has 12 rings (SSSR count). The quantitative estimate of drug-likeness (QED) is 0.0244. The Balaban J connectivity index is 0.702. The second-order valence-corrected chi connectivity index (χ2v) is 27.2. The van der Waals surface area contributed by atoms with Gasteiger partial charge in [-0.25, -0.2) is 28.4 Å². The number of carbonyl (C=O) groups is 8. The van der Waals surface area contributed by atoms with Crippen molar-refractivity contribution in [2.45, 2.75) is 173 Å². The highest BCUT2D eigenvalue weighted by Crippen LogP contribution is 2.47. The number of fused-ring (bicyclic) bond motifs is 10. The second-order valence-electron chi connectivity index (χ2n) is 27.2. The van der Waals surface area contributed by atoms with Gasteiger partial charge in [-0.15, -0.1) is 5.10 Å². The third-order valence-electron chi connectivity index (χ3n) is 20.0. The number of para-hydroxylation sites is 1. The van der Waals surface area contributed by atoms with Crippen LogP contribution in [0.1, 0.15) is 134 Å². The van der Waals surface area contributed by atoms with Crippen molar-refractivity contribution in [3.63, 3.8) is 0 Å². The van der Waals surface area contributed by atoms with Crippen molar-refractivity contribution >= 4 is 64.2 Å². The number of carbonyl (C=O) groups excluding carboxylic acids is 7. The summed E-state index contributed by atoms with van der Waals surface area (Å²) in [5.41, 5.74) is 5.61. The predicted molar refractivity (Wildman–Crippen MR) is 378 cm³/mol. The smallest absolute Gasteiger partial charge is 0.407 e. The summed E-state index contributed by atoms with van der Waals surface area (Å²) < 4.78 is 51.8. The van der Waals surface area contributed by atoms with Crippen LogP contribution in [0.4, 0.5) is 14.9 Å². The van der Waals surface area contributed by atoms with Gasteiger partial charge in [0, 0.05) is 97.7 Å². The van der Waals surface area contributed by atoms with E-state index in [1.165, 1.54) is 42.0 Å². The first-order valence-corrected chi connectivity index (χ1v) is 35.5. The molecule has 6 amide bonds. The zero-order valence-electron chi connectivity index (χ0n) is 59.5. The number of nitrogens with one attached hydrogen (secondary N) is 5. The van der Waals surface area contributed by atoms with Gasteiger partial charge >= 0.3 is 18.0 Å². The zero-order chi connectivity index (χ0) is 76.1. The van der Waals surface area contributed by atoms with Gasteiger partial charge in [0.1, 0.15) is 54.8 Å². The monoisotopic (exact) mass is 1480 g/mol. The number of esters is 1. The summed E-state index contributed by atoms with van der Waals surface area (Å²) >= 11 is 0. The Hall–Kier alpha value is -10.6. The molecule has 7 aromatic rings. The number of pyridine rings is 2. The summed E-state index contributed by atoms with van der Waals surface area (Å²) in [6.07, 6.45) is -10.3. The fourth-order valence-corrected chi connectivity index (χ4v) is 14.2. The first-order chi connectivity index (χ1) is 51.4.